The smallest absolute Gasteiger partial charge is 0.410 e. The zero-order valence-corrected chi connectivity index (χ0v) is 10.9. The molecule has 1 saturated heterocycles. The van der Waals surface area contributed by atoms with Crippen LogP contribution < -0.4 is 0 Å². The van der Waals surface area contributed by atoms with E-state index in [2.05, 4.69) is 6.92 Å². The van der Waals surface area contributed by atoms with Crippen LogP contribution in [0.4, 0.5) is 4.79 Å². The largest absolute Gasteiger partial charge is 0.444 e. The van der Waals surface area contributed by atoms with Crippen molar-refractivity contribution in [2.75, 3.05) is 19.7 Å². The third-order valence-corrected chi connectivity index (χ3v) is 2.33. The molecular weight excluding hydrogens is 206 g/mol. The summed E-state index contributed by atoms with van der Waals surface area (Å²) in [5, 5.41) is 0. The van der Waals surface area contributed by atoms with Crippen LogP contribution in [0.2, 0.25) is 0 Å². The summed E-state index contributed by atoms with van der Waals surface area (Å²) in [6, 6.07) is 0. The van der Waals surface area contributed by atoms with Crippen molar-refractivity contribution in [1.82, 2.24) is 4.90 Å². The number of rotatable bonds is 0. The van der Waals surface area contributed by atoms with Crippen molar-refractivity contribution >= 4 is 6.09 Å². The van der Waals surface area contributed by atoms with E-state index >= 15 is 0 Å². The van der Waals surface area contributed by atoms with Gasteiger partial charge in [0.05, 0.1) is 12.7 Å². The van der Waals surface area contributed by atoms with Crippen LogP contribution in [-0.2, 0) is 9.47 Å². The van der Waals surface area contributed by atoms with Crippen LogP contribution in [0, 0.1) is 5.92 Å². The summed E-state index contributed by atoms with van der Waals surface area (Å²) in [7, 11) is 0. The Labute approximate surface area is 97.9 Å². The fraction of sp³-hybridized carbons (Fsp3) is 0.917. The van der Waals surface area contributed by atoms with Crippen molar-refractivity contribution in [3.63, 3.8) is 0 Å². The molecule has 1 aliphatic heterocycles. The monoisotopic (exact) mass is 229 g/mol. The van der Waals surface area contributed by atoms with Crippen molar-refractivity contribution in [3.8, 4) is 0 Å². The highest BCUT2D eigenvalue weighted by Crippen LogP contribution is 2.15. The molecule has 0 bridgehead atoms. The van der Waals surface area contributed by atoms with Gasteiger partial charge in [-0.2, -0.15) is 0 Å². The molecule has 1 aliphatic rings. The summed E-state index contributed by atoms with van der Waals surface area (Å²) in [5.74, 6) is 0.359. The molecule has 1 heterocycles. The lowest BCUT2D eigenvalue weighted by atomic mass is 10.2. The molecule has 0 saturated carbocycles. The summed E-state index contributed by atoms with van der Waals surface area (Å²) < 4.78 is 10.9. The quantitative estimate of drug-likeness (QED) is 0.639. The van der Waals surface area contributed by atoms with Gasteiger partial charge in [0.2, 0.25) is 0 Å². The van der Waals surface area contributed by atoms with Gasteiger partial charge in [0.15, 0.2) is 0 Å². The van der Waals surface area contributed by atoms with Gasteiger partial charge >= 0.3 is 6.09 Å². The normalized spacial score (nSPS) is 27.4. The molecule has 1 rings (SSSR count). The van der Waals surface area contributed by atoms with Gasteiger partial charge in [-0.05, 0) is 33.6 Å². The molecule has 0 spiro atoms. The second kappa shape index (κ2) is 5.04. The number of nitrogens with zero attached hydrogens (tertiary/aromatic N) is 1. The molecule has 0 aliphatic carbocycles. The van der Waals surface area contributed by atoms with Gasteiger partial charge < -0.3 is 14.4 Å². The highest BCUT2D eigenvalue weighted by molar-refractivity contribution is 5.68. The predicted octanol–water partition coefficient (Wildman–Crippen LogP) is 2.28. The highest BCUT2D eigenvalue weighted by atomic mass is 16.6. The molecule has 4 heteroatoms. The van der Waals surface area contributed by atoms with E-state index in [-0.39, 0.29) is 12.2 Å². The van der Waals surface area contributed by atoms with Gasteiger partial charge in [-0.25, -0.2) is 4.79 Å². The molecule has 0 aromatic rings. The summed E-state index contributed by atoms with van der Waals surface area (Å²) in [5.41, 5.74) is -0.434. The molecule has 0 radical (unpaired) electrons. The Bertz CT molecular complexity index is 235. The van der Waals surface area contributed by atoms with Crippen molar-refractivity contribution in [2.24, 2.45) is 5.92 Å². The van der Waals surface area contributed by atoms with E-state index in [4.69, 9.17) is 9.47 Å². The molecule has 16 heavy (non-hydrogen) atoms. The standard InChI is InChI=1S/C12H23NO3/c1-9-6-13(7-10(2)15-8-9)11(14)16-12(3,4)5/h9-10H,6-8H2,1-5H3. The number of carbonyl (C=O) groups excluding carboxylic acids is 1. The van der Waals surface area contributed by atoms with Crippen LogP contribution in [0.1, 0.15) is 34.6 Å². The van der Waals surface area contributed by atoms with E-state index in [1.165, 1.54) is 0 Å². The maximum Gasteiger partial charge on any atom is 0.410 e. The zero-order valence-electron chi connectivity index (χ0n) is 10.9. The topological polar surface area (TPSA) is 38.8 Å². The molecular formula is C12H23NO3. The number of amides is 1. The molecule has 0 aromatic heterocycles. The Balaban J connectivity index is 2.59. The van der Waals surface area contributed by atoms with Crippen molar-refractivity contribution in [1.29, 1.82) is 0 Å². The van der Waals surface area contributed by atoms with E-state index in [1.807, 2.05) is 27.7 Å². The Hall–Kier alpha value is -0.770. The number of ether oxygens (including phenoxy) is 2. The third kappa shape index (κ3) is 4.39. The van der Waals surface area contributed by atoms with Crippen LogP contribution >= 0.6 is 0 Å². The zero-order chi connectivity index (χ0) is 12.3. The van der Waals surface area contributed by atoms with E-state index in [1.54, 1.807) is 4.90 Å². The minimum Gasteiger partial charge on any atom is -0.444 e. The van der Waals surface area contributed by atoms with Crippen LogP contribution in [0.25, 0.3) is 0 Å². The lowest BCUT2D eigenvalue weighted by molar-refractivity contribution is 0.0172. The van der Waals surface area contributed by atoms with Gasteiger partial charge in [-0.15, -0.1) is 0 Å². The molecule has 1 fully saturated rings. The molecule has 94 valence electrons. The minimum absolute atomic E-state index is 0.0810. The molecule has 4 nitrogen and oxygen atoms in total. The fourth-order valence-electron chi connectivity index (χ4n) is 1.67. The number of hydrogen-bond donors (Lipinski definition) is 0. The first-order valence-corrected chi connectivity index (χ1v) is 5.87. The van der Waals surface area contributed by atoms with Gasteiger partial charge in [0.1, 0.15) is 5.60 Å². The van der Waals surface area contributed by atoms with E-state index in [9.17, 15) is 4.79 Å². The average molecular weight is 229 g/mol. The van der Waals surface area contributed by atoms with Gasteiger partial charge in [0.25, 0.3) is 0 Å². The van der Waals surface area contributed by atoms with E-state index in [0.29, 0.717) is 25.6 Å². The molecule has 2 unspecified atom stereocenters. The van der Waals surface area contributed by atoms with Crippen molar-refractivity contribution in [2.45, 2.75) is 46.3 Å². The summed E-state index contributed by atoms with van der Waals surface area (Å²) >= 11 is 0. The second-order valence-electron chi connectivity index (χ2n) is 5.63. The summed E-state index contributed by atoms with van der Waals surface area (Å²) in [4.78, 5) is 13.6. The third-order valence-electron chi connectivity index (χ3n) is 2.33. The Morgan fingerprint density at radius 1 is 1.31 bits per heavy atom. The van der Waals surface area contributed by atoms with Gasteiger partial charge in [-0.1, -0.05) is 6.92 Å². The second-order valence-corrected chi connectivity index (χ2v) is 5.63. The minimum atomic E-state index is -0.434. The summed E-state index contributed by atoms with van der Waals surface area (Å²) in [6.07, 6.45) is -0.158. The number of carbonyl (C=O) groups is 1. The highest BCUT2D eigenvalue weighted by Gasteiger charge is 2.27. The Morgan fingerprint density at radius 2 is 1.94 bits per heavy atom. The fourth-order valence-corrected chi connectivity index (χ4v) is 1.67. The first-order valence-electron chi connectivity index (χ1n) is 5.87. The Morgan fingerprint density at radius 3 is 2.50 bits per heavy atom. The molecule has 0 aromatic carbocycles. The molecule has 0 N–H and O–H groups in total. The van der Waals surface area contributed by atoms with E-state index < -0.39 is 5.60 Å². The Kier molecular flexibility index (Phi) is 4.19. The molecule has 1 amide bonds. The first-order chi connectivity index (χ1) is 7.28. The van der Waals surface area contributed by atoms with Crippen LogP contribution in [0.5, 0.6) is 0 Å². The first kappa shape index (κ1) is 13.3. The molecule has 2 atom stereocenters. The lowest BCUT2D eigenvalue weighted by Crippen LogP contribution is -2.41. The van der Waals surface area contributed by atoms with Crippen molar-refractivity contribution < 1.29 is 14.3 Å². The van der Waals surface area contributed by atoms with Gasteiger partial charge in [0, 0.05) is 13.1 Å². The predicted molar refractivity (Wildman–Crippen MR) is 62.4 cm³/mol. The SMILES string of the molecule is CC1COC(C)CN(C(=O)OC(C)(C)C)C1. The van der Waals surface area contributed by atoms with Crippen LogP contribution in [-0.4, -0.2) is 42.4 Å². The maximum absolute atomic E-state index is 11.9. The summed E-state index contributed by atoms with van der Waals surface area (Å²) in [6.45, 7) is 11.7. The van der Waals surface area contributed by atoms with Crippen LogP contribution in [0.3, 0.4) is 0 Å². The van der Waals surface area contributed by atoms with Crippen LogP contribution in [0.15, 0.2) is 0 Å². The average Bonchev–Trinajstić information content (AvgIpc) is 2.25. The number of hydrogen-bond acceptors (Lipinski definition) is 3. The van der Waals surface area contributed by atoms with Crippen molar-refractivity contribution in [3.05, 3.63) is 0 Å². The maximum atomic E-state index is 11.9. The lowest BCUT2D eigenvalue weighted by Gasteiger charge is -2.27. The van der Waals surface area contributed by atoms with E-state index in [0.717, 1.165) is 0 Å². The van der Waals surface area contributed by atoms with Gasteiger partial charge in [-0.3, -0.25) is 0 Å².